The Labute approximate surface area is 171 Å². The molecule has 0 aliphatic carbocycles. The van der Waals surface area contributed by atoms with Gasteiger partial charge in [-0.05, 0) is 57.2 Å². The van der Waals surface area contributed by atoms with Crippen molar-refractivity contribution in [2.45, 2.75) is 52.5 Å². The quantitative estimate of drug-likeness (QED) is 0.645. The Kier molecular flexibility index (Phi) is 5.47. The third kappa shape index (κ3) is 4.24. The van der Waals surface area contributed by atoms with Gasteiger partial charge in [-0.3, -0.25) is 9.78 Å². The first-order valence-electron chi connectivity index (χ1n) is 10.2. The van der Waals surface area contributed by atoms with Gasteiger partial charge in [-0.15, -0.1) is 0 Å². The molecule has 2 aromatic heterocycles. The zero-order valence-corrected chi connectivity index (χ0v) is 17.3. The lowest BCUT2D eigenvalue weighted by molar-refractivity contribution is -0.131. The highest BCUT2D eigenvalue weighted by Gasteiger charge is 2.31. The van der Waals surface area contributed by atoms with Gasteiger partial charge in [-0.25, -0.2) is 0 Å². The van der Waals surface area contributed by atoms with Crippen LogP contribution in [0.3, 0.4) is 0 Å². The summed E-state index contributed by atoms with van der Waals surface area (Å²) in [5, 5.41) is 3.96. The lowest BCUT2D eigenvalue weighted by Gasteiger charge is -2.24. The van der Waals surface area contributed by atoms with Crippen LogP contribution >= 0.6 is 0 Å². The molecule has 1 saturated heterocycles. The van der Waals surface area contributed by atoms with Crippen molar-refractivity contribution in [2.75, 3.05) is 6.54 Å². The zero-order chi connectivity index (χ0) is 20.4. The molecule has 0 N–H and O–H groups in total. The van der Waals surface area contributed by atoms with Crippen LogP contribution in [0, 0.1) is 20.8 Å². The number of amides is 1. The maximum Gasteiger partial charge on any atom is 0.227 e. The zero-order valence-electron chi connectivity index (χ0n) is 17.3. The minimum absolute atomic E-state index is 0.0522. The first kappa shape index (κ1) is 19.4. The highest BCUT2D eigenvalue weighted by molar-refractivity contribution is 5.80. The van der Waals surface area contributed by atoms with E-state index < -0.39 is 0 Å². The van der Waals surface area contributed by atoms with E-state index in [0.29, 0.717) is 6.42 Å². The Morgan fingerprint density at radius 2 is 1.86 bits per heavy atom. The smallest absolute Gasteiger partial charge is 0.227 e. The van der Waals surface area contributed by atoms with E-state index in [2.05, 4.69) is 48.5 Å². The Hall–Kier alpha value is -2.95. The van der Waals surface area contributed by atoms with Gasteiger partial charge in [0.1, 0.15) is 5.76 Å². The summed E-state index contributed by atoms with van der Waals surface area (Å²) in [4.78, 5) is 19.6. The van der Waals surface area contributed by atoms with E-state index in [4.69, 9.17) is 9.51 Å². The maximum absolute atomic E-state index is 13.0. The van der Waals surface area contributed by atoms with Crippen molar-refractivity contribution in [3.8, 4) is 0 Å². The molecular weight excluding hydrogens is 362 g/mol. The first-order chi connectivity index (χ1) is 14.0. The molecule has 0 saturated carbocycles. The molecule has 5 nitrogen and oxygen atoms in total. The molecule has 3 aromatic rings. The monoisotopic (exact) mass is 389 g/mol. The number of hydrogen-bond acceptors (Lipinski definition) is 4. The van der Waals surface area contributed by atoms with Crippen LogP contribution in [-0.2, 0) is 17.6 Å². The second-order valence-electron chi connectivity index (χ2n) is 7.98. The number of benzene rings is 1. The number of rotatable bonds is 5. The molecule has 1 aromatic carbocycles. The second-order valence-corrected chi connectivity index (χ2v) is 7.98. The van der Waals surface area contributed by atoms with Crippen LogP contribution in [0.15, 0.2) is 47.1 Å². The Bertz CT molecular complexity index is 970. The molecule has 29 heavy (non-hydrogen) atoms. The number of carbonyl (C=O) groups is 1. The van der Waals surface area contributed by atoms with E-state index in [1.165, 1.54) is 16.7 Å². The van der Waals surface area contributed by atoms with Crippen molar-refractivity contribution in [2.24, 2.45) is 0 Å². The van der Waals surface area contributed by atoms with Crippen molar-refractivity contribution >= 4 is 5.91 Å². The molecule has 1 aliphatic rings. The summed E-state index contributed by atoms with van der Waals surface area (Å²) in [6, 6.07) is 12.9. The molecule has 0 unspecified atom stereocenters. The molecule has 0 spiro atoms. The highest BCUT2D eigenvalue weighted by Crippen LogP contribution is 2.32. The van der Waals surface area contributed by atoms with Crippen molar-refractivity contribution in [3.63, 3.8) is 0 Å². The van der Waals surface area contributed by atoms with E-state index in [1.807, 2.05) is 24.9 Å². The third-order valence-electron chi connectivity index (χ3n) is 5.80. The van der Waals surface area contributed by atoms with E-state index in [9.17, 15) is 4.79 Å². The Morgan fingerprint density at radius 1 is 1.10 bits per heavy atom. The molecule has 150 valence electrons. The summed E-state index contributed by atoms with van der Waals surface area (Å²) < 4.78 is 5.21. The van der Waals surface area contributed by atoms with Gasteiger partial charge in [0, 0.05) is 18.3 Å². The van der Waals surface area contributed by atoms with Gasteiger partial charge < -0.3 is 9.42 Å². The first-order valence-corrected chi connectivity index (χ1v) is 10.2. The number of nitrogens with zero attached hydrogens (tertiary/aromatic N) is 3. The summed E-state index contributed by atoms with van der Waals surface area (Å²) in [6.45, 7) is 6.62. The fourth-order valence-corrected chi connectivity index (χ4v) is 4.06. The van der Waals surface area contributed by atoms with Gasteiger partial charge >= 0.3 is 0 Å². The Morgan fingerprint density at radius 3 is 2.52 bits per heavy atom. The van der Waals surface area contributed by atoms with Gasteiger partial charge in [0.25, 0.3) is 0 Å². The number of pyridine rings is 1. The fourth-order valence-electron chi connectivity index (χ4n) is 4.06. The van der Waals surface area contributed by atoms with Crippen LogP contribution in [0.4, 0.5) is 0 Å². The average Bonchev–Trinajstić information content (AvgIpc) is 3.33. The standard InChI is InChI=1S/C24H27N3O2/c1-16-6-8-19(9-7-16)13-20-10-11-22(25-15-20)23-5-4-12-27(23)24(28)14-21-17(2)26-29-18(21)3/h6-11,15,23H,4-5,12-14H2,1-3H3/t23-/m0/s1. The normalized spacial score (nSPS) is 16.4. The fraction of sp³-hybridized carbons (Fsp3) is 0.375. The number of hydrogen-bond donors (Lipinski definition) is 0. The van der Waals surface area contributed by atoms with E-state index >= 15 is 0 Å². The molecule has 0 radical (unpaired) electrons. The predicted octanol–water partition coefficient (Wildman–Crippen LogP) is 4.49. The van der Waals surface area contributed by atoms with E-state index in [0.717, 1.165) is 48.5 Å². The molecular formula is C24H27N3O2. The molecule has 1 aliphatic heterocycles. The Balaban J connectivity index is 1.45. The lowest BCUT2D eigenvalue weighted by atomic mass is 10.0. The van der Waals surface area contributed by atoms with Crippen molar-refractivity contribution in [1.29, 1.82) is 0 Å². The molecule has 1 atom stereocenters. The molecule has 4 rings (SSSR count). The van der Waals surface area contributed by atoms with Gasteiger partial charge in [-0.2, -0.15) is 0 Å². The van der Waals surface area contributed by atoms with Crippen LogP contribution in [-0.4, -0.2) is 27.5 Å². The minimum atomic E-state index is 0.0522. The average molecular weight is 389 g/mol. The molecule has 1 fully saturated rings. The summed E-state index contributed by atoms with van der Waals surface area (Å²) in [7, 11) is 0. The van der Waals surface area contributed by atoms with Crippen LogP contribution in [0.25, 0.3) is 0 Å². The highest BCUT2D eigenvalue weighted by atomic mass is 16.5. The summed E-state index contributed by atoms with van der Waals surface area (Å²) >= 11 is 0. The minimum Gasteiger partial charge on any atom is -0.361 e. The lowest BCUT2D eigenvalue weighted by Crippen LogP contribution is -2.32. The predicted molar refractivity (Wildman–Crippen MR) is 112 cm³/mol. The largest absolute Gasteiger partial charge is 0.361 e. The summed E-state index contributed by atoms with van der Waals surface area (Å²) in [5.41, 5.74) is 6.41. The van der Waals surface area contributed by atoms with Crippen molar-refractivity contribution in [3.05, 3.63) is 82.0 Å². The van der Waals surface area contributed by atoms with Gasteiger partial charge in [-0.1, -0.05) is 41.1 Å². The van der Waals surface area contributed by atoms with Gasteiger partial charge in [0.15, 0.2) is 0 Å². The van der Waals surface area contributed by atoms with Gasteiger partial charge in [0.2, 0.25) is 5.91 Å². The van der Waals surface area contributed by atoms with Crippen molar-refractivity contribution < 1.29 is 9.32 Å². The summed E-state index contributed by atoms with van der Waals surface area (Å²) in [5.74, 6) is 0.845. The van der Waals surface area contributed by atoms with Crippen LogP contribution < -0.4 is 0 Å². The number of carbonyl (C=O) groups excluding carboxylic acids is 1. The number of aromatic nitrogens is 2. The number of aryl methyl sites for hydroxylation is 3. The van der Waals surface area contributed by atoms with Crippen LogP contribution in [0.2, 0.25) is 0 Å². The molecule has 3 heterocycles. The third-order valence-corrected chi connectivity index (χ3v) is 5.80. The van der Waals surface area contributed by atoms with Crippen LogP contribution in [0.5, 0.6) is 0 Å². The van der Waals surface area contributed by atoms with Crippen molar-refractivity contribution in [1.82, 2.24) is 15.0 Å². The van der Waals surface area contributed by atoms with E-state index in [1.54, 1.807) is 0 Å². The van der Waals surface area contributed by atoms with Crippen LogP contribution in [0.1, 0.15) is 58.3 Å². The molecule has 1 amide bonds. The summed E-state index contributed by atoms with van der Waals surface area (Å²) in [6.07, 6.45) is 5.11. The van der Waals surface area contributed by atoms with E-state index in [-0.39, 0.29) is 11.9 Å². The topological polar surface area (TPSA) is 59.2 Å². The van der Waals surface area contributed by atoms with Gasteiger partial charge in [0.05, 0.1) is 23.9 Å². The SMILES string of the molecule is Cc1ccc(Cc2ccc([C@@H]3CCCN3C(=O)Cc3c(C)noc3C)nc2)cc1. The molecule has 0 bridgehead atoms. The number of likely N-dealkylation sites (tertiary alicyclic amines) is 1. The second kappa shape index (κ2) is 8.19. The molecule has 5 heteroatoms. The maximum atomic E-state index is 13.0.